The first-order valence-corrected chi connectivity index (χ1v) is 17.4. The molecule has 1 aromatic carbocycles. The molecule has 3 amide bonds. The van der Waals surface area contributed by atoms with E-state index < -0.39 is 71.2 Å². The van der Waals surface area contributed by atoms with Crippen LogP contribution in [0.25, 0.3) is 0 Å². The first kappa shape index (κ1) is 41.1. The number of methoxy groups -OCH3 is 1. The number of carbonyl (C=O) groups excluding carboxylic acids is 4. The SMILES string of the molecule is COC[C@H](NC(=O)OC(C)(C)C)C(=O)N[C@H]1CN(C(=O)OC(C)(C)C)[C@@](CCCCB2OC(C)(C)C(C)(C)O2)(C(=O)OCc2ccccc2)C1. The second-order valence-electron chi connectivity index (χ2n) is 16.2. The van der Waals surface area contributed by atoms with Crippen LogP contribution in [0.5, 0.6) is 0 Å². The van der Waals surface area contributed by atoms with Gasteiger partial charge in [-0.25, -0.2) is 14.4 Å². The lowest BCUT2D eigenvalue weighted by Crippen LogP contribution is -2.55. The second kappa shape index (κ2) is 16.3. The Kier molecular flexibility index (Phi) is 13.4. The molecule has 3 rings (SSSR count). The summed E-state index contributed by atoms with van der Waals surface area (Å²) in [5.74, 6) is -1.15. The molecule has 2 saturated heterocycles. The van der Waals surface area contributed by atoms with Gasteiger partial charge in [0.2, 0.25) is 5.91 Å². The Labute approximate surface area is 297 Å². The molecule has 13 nitrogen and oxygen atoms in total. The Balaban J connectivity index is 1.87. The quantitative estimate of drug-likeness (QED) is 0.118. The Morgan fingerprint density at radius 1 is 0.940 bits per heavy atom. The molecule has 0 aliphatic carbocycles. The summed E-state index contributed by atoms with van der Waals surface area (Å²) in [6.07, 6.45) is 0.576. The van der Waals surface area contributed by atoms with E-state index in [1.807, 2.05) is 58.0 Å². The number of nitrogens with one attached hydrogen (secondary N) is 2. The Morgan fingerprint density at radius 2 is 1.54 bits per heavy atom. The van der Waals surface area contributed by atoms with Gasteiger partial charge in [-0.05, 0) is 87.5 Å². The molecule has 280 valence electrons. The molecule has 0 unspecified atom stereocenters. The zero-order chi connectivity index (χ0) is 37.5. The number of likely N-dealkylation sites (tertiary alicyclic amines) is 1. The maximum atomic E-state index is 14.3. The largest absolute Gasteiger partial charge is 0.459 e. The molecule has 50 heavy (non-hydrogen) atoms. The van der Waals surface area contributed by atoms with E-state index in [0.29, 0.717) is 19.2 Å². The van der Waals surface area contributed by atoms with Crippen LogP contribution in [0.2, 0.25) is 6.32 Å². The number of amides is 3. The molecule has 1 aromatic rings. The summed E-state index contributed by atoms with van der Waals surface area (Å²) in [5.41, 5.74) is -3.23. The lowest BCUT2D eigenvalue weighted by molar-refractivity contribution is -0.158. The minimum Gasteiger partial charge on any atom is -0.459 e. The Bertz CT molecular complexity index is 1310. The van der Waals surface area contributed by atoms with Crippen molar-refractivity contribution >= 4 is 31.2 Å². The molecular formula is C36H58BN3O10. The minimum atomic E-state index is -1.46. The average Bonchev–Trinajstić information content (AvgIpc) is 3.45. The van der Waals surface area contributed by atoms with Crippen LogP contribution in [0.3, 0.4) is 0 Å². The molecule has 2 aliphatic rings. The number of hydrogen-bond donors (Lipinski definition) is 2. The van der Waals surface area contributed by atoms with Gasteiger partial charge in [-0.2, -0.15) is 0 Å². The fourth-order valence-corrected chi connectivity index (χ4v) is 5.94. The topological polar surface area (TPSA) is 151 Å². The standard InChI is InChI=1S/C36H58BN3O10/c1-32(2,3)47-30(43)39-27(24-45-11)28(41)38-26-21-36(40(22-26)31(44)48-33(4,5)6,29(42)46-23-25-17-13-12-14-18-25)19-15-16-20-37-49-34(7,8)35(9,10)50-37/h12-14,17-18,26-27H,15-16,19-24H2,1-11H3,(H,38,41)(H,39,43)/t26-,27+,36-/m1/s1. The highest BCUT2D eigenvalue weighted by Gasteiger charge is 2.56. The van der Waals surface area contributed by atoms with Gasteiger partial charge >= 0.3 is 25.3 Å². The summed E-state index contributed by atoms with van der Waals surface area (Å²) in [4.78, 5) is 55.6. The van der Waals surface area contributed by atoms with Crippen molar-refractivity contribution in [1.82, 2.24) is 15.5 Å². The van der Waals surface area contributed by atoms with E-state index in [2.05, 4.69) is 10.6 Å². The zero-order valence-corrected chi connectivity index (χ0v) is 31.8. The van der Waals surface area contributed by atoms with Crippen LogP contribution in [0.1, 0.15) is 100 Å². The molecule has 2 N–H and O–H groups in total. The van der Waals surface area contributed by atoms with Crippen molar-refractivity contribution < 1.29 is 47.4 Å². The minimum absolute atomic E-state index is 0.00421. The molecule has 2 fully saturated rings. The number of benzene rings is 1. The summed E-state index contributed by atoms with van der Waals surface area (Å²) >= 11 is 0. The number of nitrogens with zero attached hydrogens (tertiary/aromatic N) is 1. The molecule has 0 saturated carbocycles. The summed E-state index contributed by atoms with van der Waals surface area (Å²) in [6, 6.07) is 7.50. The molecule has 14 heteroatoms. The third-order valence-electron chi connectivity index (χ3n) is 8.98. The Hall–Kier alpha value is -3.36. The van der Waals surface area contributed by atoms with Gasteiger partial charge in [-0.15, -0.1) is 0 Å². The van der Waals surface area contributed by atoms with Gasteiger partial charge in [-0.3, -0.25) is 9.69 Å². The molecule has 0 aromatic heterocycles. The lowest BCUT2D eigenvalue weighted by Gasteiger charge is -2.37. The average molecular weight is 704 g/mol. The van der Waals surface area contributed by atoms with Crippen LogP contribution in [0, 0.1) is 0 Å². The number of esters is 1. The summed E-state index contributed by atoms with van der Waals surface area (Å²) < 4.78 is 34.6. The first-order chi connectivity index (χ1) is 23.1. The van der Waals surface area contributed by atoms with Crippen LogP contribution in [0.4, 0.5) is 9.59 Å². The maximum Gasteiger partial charge on any atom is 0.457 e. The maximum absolute atomic E-state index is 14.3. The predicted octanol–water partition coefficient (Wildman–Crippen LogP) is 5.40. The van der Waals surface area contributed by atoms with Crippen molar-refractivity contribution in [3.05, 3.63) is 35.9 Å². The molecule has 0 radical (unpaired) electrons. The number of hydrogen-bond acceptors (Lipinski definition) is 10. The summed E-state index contributed by atoms with van der Waals surface area (Å²) in [6.45, 7) is 18.2. The number of unbranched alkanes of at least 4 members (excludes halogenated alkanes) is 1. The van der Waals surface area contributed by atoms with Crippen LogP contribution < -0.4 is 10.6 Å². The van der Waals surface area contributed by atoms with Gasteiger partial charge in [0.15, 0.2) is 0 Å². The Morgan fingerprint density at radius 3 is 2.10 bits per heavy atom. The third kappa shape index (κ3) is 11.3. The van der Waals surface area contributed by atoms with Crippen LogP contribution in [0.15, 0.2) is 30.3 Å². The number of ether oxygens (including phenoxy) is 4. The molecule has 0 spiro atoms. The lowest BCUT2D eigenvalue weighted by atomic mass is 9.80. The molecule has 3 atom stereocenters. The number of carbonyl (C=O) groups is 4. The van der Waals surface area contributed by atoms with Crippen molar-refractivity contribution in [3.8, 4) is 0 Å². The highest BCUT2D eigenvalue weighted by Crippen LogP contribution is 2.40. The van der Waals surface area contributed by atoms with Gasteiger partial charge in [-0.1, -0.05) is 43.2 Å². The molecule has 0 bridgehead atoms. The van der Waals surface area contributed by atoms with Crippen molar-refractivity contribution in [2.75, 3.05) is 20.3 Å². The van der Waals surface area contributed by atoms with Crippen LogP contribution in [-0.2, 0) is 44.5 Å². The van der Waals surface area contributed by atoms with Gasteiger partial charge in [0.25, 0.3) is 0 Å². The first-order valence-electron chi connectivity index (χ1n) is 17.4. The van der Waals surface area contributed by atoms with Gasteiger partial charge in [0, 0.05) is 26.1 Å². The van der Waals surface area contributed by atoms with E-state index in [4.69, 9.17) is 28.3 Å². The summed E-state index contributed by atoms with van der Waals surface area (Å²) in [5, 5.41) is 5.49. The van der Waals surface area contributed by atoms with Gasteiger partial charge < -0.3 is 38.9 Å². The smallest absolute Gasteiger partial charge is 0.457 e. The van der Waals surface area contributed by atoms with E-state index in [9.17, 15) is 19.2 Å². The molecular weight excluding hydrogens is 645 g/mol. The monoisotopic (exact) mass is 703 g/mol. The molecule has 2 aliphatic heterocycles. The van der Waals surface area contributed by atoms with E-state index in [-0.39, 0.29) is 32.6 Å². The van der Waals surface area contributed by atoms with E-state index in [1.54, 1.807) is 41.5 Å². The third-order valence-corrected chi connectivity index (χ3v) is 8.98. The van der Waals surface area contributed by atoms with Gasteiger partial charge in [0.05, 0.1) is 17.8 Å². The van der Waals surface area contributed by atoms with Crippen molar-refractivity contribution in [3.63, 3.8) is 0 Å². The highest BCUT2D eigenvalue weighted by atomic mass is 16.7. The normalized spacial score (nSPS) is 22.1. The van der Waals surface area contributed by atoms with E-state index in [0.717, 1.165) is 5.56 Å². The summed E-state index contributed by atoms with van der Waals surface area (Å²) in [7, 11) is 1.00. The van der Waals surface area contributed by atoms with Crippen molar-refractivity contribution in [2.24, 2.45) is 0 Å². The predicted molar refractivity (Wildman–Crippen MR) is 188 cm³/mol. The van der Waals surface area contributed by atoms with Crippen LogP contribution in [-0.4, -0.2) is 96.4 Å². The second-order valence-corrected chi connectivity index (χ2v) is 16.2. The molecule has 2 heterocycles. The van der Waals surface area contributed by atoms with E-state index in [1.165, 1.54) is 12.0 Å². The highest BCUT2D eigenvalue weighted by molar-refractivity contribution is 6.45. The van der Waals surface area contributed by atoms with Crippen molar-refractivity contribution in [2.45, 2.75) is 148 Å². The van der Waals surface area contributed by atoms with Gasteiger partial charge in [0.1, 0.15) is 29.4 Å². The number of alkyl carbamates (subject to hydrolysis) is 1. The van der Waals surface area contributed by atoms with Crippen LogP contribution >= 0.6 is 0 Å². The fourth-order valence-electron chi connectivity index (χ4n) is 5.94. The van der Waals surface area contributed by atoms with Crippen molar-refractivity contribution in [1.29, 1.82) is 0 Å². The fraction of sp³-hybridized carbons (Fsp3) is 0.722. The van der Waals surface area contributed by atoms with E-state index >= 15 is 0 Å². The zero-order valence-electron chi connectivity index (χ0n) is 31.8. The number of rotatable bonds is 13.